The number of hydrogen-bond acceptors (Lipinski definition) is 4. The number of nitrogens with one attached hydrogen (secondary N) is 2. The molecule has 1 aromatic heterocycles. The van der Waals surface area contributed by atoms with E-state index in [0.29, 0.717) is 19.5 Å². The van der Waals surface area contributed by atoms with Crippen LogP contribution in [0.4, 0.5) is 4.79 Å². The number of benzene rings is 2. The summed E-state index contributed by atoms with van der Waals surface area (Å²) in [7, 11) is 0. The van der Waals surface area contributed by atoms with Crippen molar-refractivity contribution in [2.45, 2.75) is 65.1 Å². The van der Waals surface area contributed by atoms with E-state index < -0.39 is 17.7 Å². The zero-order chi connectivity index (χ0) is 25.6. The third kappa shape index (κ3) is 7.59. The highest BCUT2D eigenvalue weighted by Gasteiger charge is 2.27. The number of aromatic amines is 1. The molecule has 3 aromatic rings. The number of H-pyrrole nitrogens is 1. The third-order valence-electron chi connectivity index (χ3n) is 6.00. The maximum atomic E-state index is 13.1. The van der Waals surface area contributed by atoms with Gasteiger partial charge in [-0.2, -0.15) is 0 Å². The van der Waals surface area contributed by atoms with Gasteiger partial charge in [-0.3, -0.25) is 4.79 Å². The summed E-state index contributed by atoms with van der Waals surface area (Å²) >= 11 is 0. The molecule has 0 spiro atoms. The quantitative estimate of drug-likeness (QED) is 0.359. The standard InChI is InChI=1S/C28H37N3O4/c1-19-10-12-21(13-11-19)20(2)31(27(34)35-28(3,4)5)15-14-29-23(17-26(32)33)16-22-18-30-25-9-7-6-8-24(22)25/h6-13,18,20,23,29-30H,14-17H2,1-5H3,(H,32,33)/t20?,23-/m1/s1. The molecule has 3 N–H and O–H groups in total. The summed E-state index contributed by atoms with van der Waals surface area (Å²) in [6, 6.07) is 15.6. The second-order valence-electron chi connectivity index (χ2n) is 10.1. The highest BCUT2D eigenvalue weighted by Crippen LogP contribution is 2.23. The Morgan fingerprint density at radius 2 is 1.80 bits per heavy atom. The number of aliphatic carboxylic acids is 1. The van der Waals surface area contributed by atoms with Crippen LogP contribution in [0.25, 0.3) is 10.9 Å². The Hall–Kier alpha value is -3.32. The SMILES string of the molecule is Cc1ccc(C(C)N(CCN[C@@H](CC(=O)O)Cc2c[nH]c3ccccc23)C(=O)OC(C)(C)C)cc1. The molecule has 0 aliphatic rings. The minimum absolute atomic E-state index is 0.0144. The fraction of sp³-hybridized carbons (Fsp3) is 0.429. The van der Waals surface area contributed by atoms with Crippen molar-refractivity contribution >= 4 is 23.0 Å². The highest BCUT2D eigenvalue weighted by molar-refractivity contribution is 5.83. The second kappa shape index (κ2) is 11.4. The molecule has 0 aliphatic carbocycles. The molecule has 35 heavy (non-hydrogen) atoms. The number of fused-ring (bicyclic) bond motifs is 1. The number of amides is 1. The van der Waals surface area contributed by atoms with Crippen LogP contribution in [0.5, 0.6) is 0 Å². The summed E-state index contributed by atoms with van der Waals surface area (Å²) < 4.78 is 5.68. The van der Waals surface area contributed by atoms with Crippen LogP contribution in [0.2, 0.25) is 0 Å². The summed E-state index contributed by atoms with van der Waals surface area (Å²) in [5.74, 6) is -0.862. The monoisotopic (exact) mass is 479 g/mol. The van der Waals surface area contributed by atoms with E-state index in [9.17, 15) is 14.7 Å². The minimum Gasteiger partial charge on any atom is -0.481 e. The number of carboxylic acids is 1. The number of ether oxygens (including phenoxy) is 1. The van der Waals surface area contributed by atoms with Gasteiger partial charge >= 0.3 is 12.1 Å². The van der Waals surface area contributed by atoms with E-state index in [-0.39, 0.29) is 18.5 Å². The molecule has 0 bridgehead atoms. The molecule has 0 fully saturated rings. The Morgan fingerprint density at radius 1 is 1.11 bits per heavy atom. The van der Waals surface area contributed by atoms with E-state index in [1.165, 1.54) is 0 Å². The smallest absolute Gasteiger partial charge is 0.410 e. The Balaban J connectivity index is 1.72. The van der Waals surface area contributed by atoms with Crippen molar-refractivity contribution in [3.8, 4) is 0 Å². The van der Waals surface area contributed by atoms with Gasteiger partial charge in [0.1, 0.15) is 5.60 Å². The first-order chi connectivity index (χ1) is 16.5. The first-order valence-electron chi connectivity index (χ1n) is 12.1. The zero-order valence-electron chi connectivity index (χ0n) is 21.3. The lowest BCUT2D eigenvalue weighted by molar-refractivity contribution is -0.137. The predicted molar refractivity (Wildman–Crippen MR) is 139 cm³/mol. The molecule has 0 aliphatic heterocycles. The average molecular weight is 480 g/mol. The van der Waals surface area contributed by atoms with Gasteiger partial charge in [0.2, 0.25) is 0 Å². The molecule has 2 aromatic carbocycles. The second-order valence-corrected chi connectivity index (χ2v) is 10.1. The number of rotatable bonds is 10. The fourth-order valence-corrected chi connectivity index (χ4v) is 4.17. The van der Waals surface area contributed by atoms with E-state index in [1.807, 2.05) is 89.3 Å². The first-order valence-corrected chi connectivity index (χ1v) is 12.1. The number of carbonyl (C=O) groups is 2. The Kier molecular flexibility index (Phi) is 8.57. The van der Waals surface area contributed by atoms with E-state index >= 15 is 0 Å². The summed E-state index contributed by atoms with van der Waals surface area (Å²) in [6.07, 6.45) is 2.10. The van der Waals surface area contributed by atoms with Gasteiger partial charge in [0.05, 0.1) is 12.5 Å². The van der Waals surface area contributed by atoms with E-state index in [2.05, 4.69) is 10.3 Å². The van der Waals surface area contributed by atoms with Gasteiger partial charge in [-0.25, -0.2) is 4.79 Å². The van der Waals surface area contributed by atoms with E-state index in [4.69, 9.17) is 4.74 Å². The van der Waals surface area contributed by atoms with Crippen LogP contribution >= 0.6 is 0 Å². The maximum Gasteiger partial charge on any atom is 0.410 e. The van der Waals surface area contributed by atoms with Crippen molar-refractivity contribution in [1.29, 1.82) is 0 Å². The molecule has 0 saturated heterocycles. The predicted octanol–water partition coefficient (Wildman–Crippen LogP) is 5.45. The number of hydrogen-bond donors (Lipinski definition) is 3. The normalized spacial score (nSPS) is 13.4. The molecule has 2 atom stereocenters. The van der Waals surface area contributed by atoms with Gasteiger partial charge in [-0.1, -0.05) is 48.0 Å². The molecule has 1 heterocycles. The van der Waals surface area contributed by atoms with Gasteiger partial charge < -0.3 is 25.0 Å². The third-order valence-corrected chi connectivity index (χ3v) is 6.00. The van der Waals surface area contributed by atoms with Crippen molar-refractivity contribution < 1.29 is 19.4 Å². The number of para-hydroxylation sites is 1. The fourth-order valence-electron chi connectivity index (χ4n) is 4.17. The van der Waals surface area contributed by atoms with E-state index in [1.54, 1.807) is 4.90 Å². The average Bonchev–Trinajstić information content (AvgIpc) is 3.18. The molecule has 7 heteroatoms. The van der Waals surface area contributed by atoms with Crippen LogP contribution in [-0.2, 0) is 16.0 Å². The van der Waals surface area contributed by atoms with Crippen LogP contribution in [0, 0.1) is 6.92 Å². The van der Waals surface area contributed by atoms with Gasteiger partial charge in [0, 0.05) is 36.2 Å². The van der Waals surface area contributed by atoms with Crippen LogP contribution in [0.1, 0.15) is 56.8 Å². The van der Waals surface area contributed by atoms with Crippen molar-refractivity contribution in [2.24, 2.45) is 0 Å². The topological polar surface area (TPSA) is 94.7 Å². The van der Waals surface area contributed by atoms with Gasteiger partial charge in [-0.05, 0) is 58.2 Å². The molecule has 3 rings (SSSR count). The van der Waals surface area contributed by atoms with Crippen LogP contribution in [-0.4, -0.2) is 51.8 Å². The molecule has 1 unspecified atom stereocenters. The molecule has 1 amide bonds. The van der Waals surface area contributed by atoms with Crippen LogP contribution in [0.15, 0.2) is 54.7 Å². The lowest BCUT2D eigenvalue weighted by Gasteiger charge is -2.32. The molecular weight excluding hydrogens is 442 g/mol. The van der Waals surface area contributed by atoms with Crippen molar-refractivity contribution in [3.05, 3.63) is 71.4 Å². The molecule has 188 valence electrons. The molecule has 0 saturated carbocycles. The van der Waals surface area contributed by atoms with Crippen molar-refractivity contribution in [3.63, 3.8) is 0 Å². The number of nitrogens with zero attached hydrogens (tertiary/aromatic N) is 1. The first kappa shape index (κ1) is 26.3. The Bertz CT molecular complexity index is 1130. The molecule has 7 nitrogen and oxygen atoms in total. The number of carbonyl (C=O) groups excluding carboxylic acids is 1. The Labute approximate surface area is 207 Å². The summed E-state index contributed by atoms with van der Waals surface area (Å²) in [5, 5.41) is 13.9. The number of aryl methyl sites for hydroxylation is 1. The summed E-state index contributed by atoms with van der Waals surface area (Å²) in [6.45, 7) is 10.4. The summed E-state index contributed by atoms with van der Waals surface area (Å²) in [5.41, 5.74) is 3.65. The van der Waals surface area contributed by atoms with E-state index in [0.717, 1.165) is 27.6 Å². The molecular formula is C28H37N3O4. The minimum atomic E-state index is -0.862. The highest BCUT2D eigenvalue weighted by atomic mass is 16.6. The largest absolute Gasteiger partial charge is 0.481 e. The van der Waals surface area contributed by atoms with Crippen LogP contribution in [0.3, 0.4) is 0 Å². The Morgan fingerprint density at radius 3 is 2.46 bits per heavy atom. The number of carboxylic acid groups (broad SMARTS) is 1. The maximum absolute atomic E-state index is 13.1. The number of aromatic nitrogens is 1. The van der Waals surface area contributed by atoms with Gasteiger partial charge in [0.25, 0.3) is 0 Å². The van der Waals surface area contributed by atoms with Crippen LogP contribution < -0.4 is 5.32 Å². The lowest BCUT2D eigenvalue weighted by Crippen LogP contribution is -2.44. The van der Waals surface area contributed by atoms with Crippen molar-refractivity contribution in [1.82, 2.24) is 15.2 Å². The molecule has 0 radical (unpaired) electrons. The van der Waals surface area contributed by atoms with Gasteiger partial charge in [0.15, 0.2) is 0 Å². The lowest BCUT2D eigenvalue weighted by atomic mass is 10.0. The van der Waals surface area contributed by atoms with Crippen molar-refractivity contribution in [2.75, 3.05) is 13.1 Å². The summed E-state index contributed by atoms with van der Waals surface area (Å²) in [4.78, 5) is 29.6. The zero-order valence-corrected chi connectivity index (χ0v) is 21.3. The van der Waals surface area contributed by atoms with Gasteiger partial charge in [-0.15, -0.1) is 0 Å².